The zero-order valence-electron chi connectivity index (χ0n) is 39.4. The van der Waals surface area contributed by atoms with E-state index in [1.807, 2.05) is 89.8 Å². The Morgan fingerprint density at radius 1 is 0.821 bits per heavy atom. The first-order chi connectivity index (χ1) is 32.1. The Balaban J connectivity index is 0.782. The van der Waals surface area contributed by atoms with Crippen molar-refractivity contribution >= 4 is 48.7 Å². The quantitative estimate of drug-likeness (QED) is 0.0600. The van der Waals surface area contributed by atoms with E-state index in [0.717, 1.165) is 53.6 Å². The molecule has 67 heavy (non-hydrogen) atoms. The second-order valence-electron chi connectivity index (χ2n) is 19.3. The van der Waals surface area contributed by atoms with Crippen molar-refractivity contribution in [1.82, 2.24) is 20.1 Å². The lowest BCUT2D eigenvalue weighted by atomic mass is 9.97. The van der Waals surface area contributed by atoms with E-state index >= 15 is 0 Å². The van der Waals surface area contributed by atoms with Crippen molar-refractivity contribution < 1.29 is 33.4 Å². The monoisotopic (exact) mass is 930 g/mol. The van der Waals surface area contributed by atoms with Crippen molar-refractivity contribution in [3.63, 3.8) is 0 Å². The Kier molecular flexibility index (Phi) is 16.2. The van der Waals surface area contributed by atoms with Crippen molar-refractivity contribution in [1.29, 1.82) is 0 Å². The highest BCUT2D eigenvalue weighted by Crippen LogP contribution is 2.41. The molecule has 0 unspecified atom stereocenters. The number of pyridine rings is 1. The molecule has 14 nitrogen and oxygen atoms in total. The Hall–Kier alpha value is -6.00. The van der Waals surface area contributed by atoms with E-state index in [0.29, 0.717) is 68.9 Å². The first-order valence-corrected chi connectivity index (χ1v) is 26.4. The number of hydrogen-bond acceptors (Lipinski definition) is 10. The number of carbonyl (C=O) groups excluding carboxylic acids is 3. The Morgan fingerprint density at radius 3 is 2.24 bits per heavy atom. The maximum Gasteiger partial charge on any atom is 0.411 e. The van der Waals surface area contributed by atoms with Crippen LogP contribution in [0.15, 0.2) is 108 Å². The van der Waals surface area contributed by atoms with Gasteiger partial charge in [0.2, 0.25) is 11.5 Å². The number of fused-ring (bicyclic) bond motifs is 1. The van der Waals surface area contributed by atoms with Crippen molar-refractivity contribution in [2.45, 2.75) is 89.8 Å². The number of nitrogens with zero attached hydrogens (tertiary/aromatic N) is 2. The number of phenolic OH excluding ortho intramolecular Hbond substituents is 1. The lowest BCUT2D eigenvalue weighted by molar-refractivity contribution is -0.133. The van der Waals surface area contributed by atoms with Gasteiger partial charge in [0.25, 0.3) is 0 Å². The molecule has 1 aromatic heterocycles. The highest BCUT2D eigenvalue weighted by molar-refractivity contribution is 6.74. The van der Waals surface area contributed by atoms with E-state index < -0.39 is 20.5 Å². The number of ether oxygens (including phenoxy) is 2. The third kappa shape index (κ3) is 13.3. The molecular formula is C52H66N6O8Si. The van der Waals surface area contributed by atoms with Gasteiger partial charge < -0.3 is 39.1 Å². The molecule has 15 heteroatoms. The Morgan fingerprint density at radius 2 is 1.52 bits per heavy atom. The second kappa shape index (κ2) is 22.2. The van der Waals surface area contributed by atoms with Crippen LogP contribution in [0.1, 0.15) is 70.1 Å². The number of rotatable bonds is 16. The highest BCUT2D eigenvalue weighted by Gasteiger charge is 2.40. The number of aromatic hydroxyl groups is 1. The first-order valence-electron chi connectivity index (χ1n) is 23.5. The van der Waals surface area contributed by atoms with Gasteiger partial charge in [-0.05, 0) is 96.8 Å². The number of benzene rings is 4. The van der Waals surface area contributed by atoms with Gasteiger partial charge in [0.15, 0.2) is 8.32 Å². The number of nitrogens with one attached hydrogen (secondary N) is 4. The van der Waals surface area contributed by atoms with Gasteiger partial charge in [-0.3, -0.25) is 20.2 Å². The fraction of sp³-hybridized carbons (Fsp3) is 0.423. The zero-order chi connectivity index (χ0) is 47.6. The van der Waals surface area contributed by atoms with Gasteiger partial charge in [-0.25, -0.2) is 9.59 Å². The fourth-order valence-corrected chi connectivity index (χ4v) is 9.73. The highest BCUT2D eigenvalue weighted by atomic mass is 28.4. The van der Waals surface area contributed by atoms with Crippen LogP contribution >= 0.6 is 0 Å². The topological polar surface area (TPSA) is 175 Å². The standard InChI is InChI=1S/C52H66N6O8Si/c1-52(2,3)67(4,5)66-46(42-19-21-45(59)49-43(42)20-22-47(60)56-49)34-53-33-36-15-17-39(18-16-36)54-50(62)64-35-37-23-31-58(32-24-37)48(61)27-30-57-28-25-40(26-29-57)65-51(63)55-44-14-10-9-13-41(44)38-11-7-6-8-12-38/h6-22,37,40,46,53,59H,23-35H2,1-5H3,(H,54,62)(H,55,63)(H,56,60)/t46-/m0/s1. The molecule has 3 amide bonds. The zero-order valence-corrected chi connectivity index (χ0v) is 40.4. The third-order valence-electron chi connectivity index (χ3n) is 13.5. The summed E-state index contributed by atoms with van der Waals surface area (Å²) in [6, 6.07) is 31.9. The molecule has 5 aromatic rings. The number of amides is 3. The number of aromatic nitrogens is 1. The predicted molar refractivity (Wildman–Crippen MR) is 266 cm³/mol. The molecule has 0 spiro atoms. The molecule has 2 fully saturated rings. The summed E-state index contributed by atoms with van der Waals surface area (Å²) in [7, 11) is -2.22. The van der Waals surface area contributed by atoms with E-state index in [4.69, 9.17) is 13.9 Å². The molecule has 0 radical (unpaired) electrons. The summed E-state index contributed by atoms with van der Waals surface area (Å²) >= 11 is 0. The van der Waals surface area contributed by atoms with Crippen LogP contribution in [-0.2, 0) is 25.2 Å². The molecule has 7 rings (SSSR count). The summed E-state index contributed by atoms with van der Waals surface area (Å²) in [5.41, 5.74) is 5.30. The van der Waals surface area contributed by atoms with Gasteiger partial charge in [-0.1, -0.05) is 87.5 Å². The molecule has 2 aliphatic rings. The Bertz CT molecular complexity index is 2510. The lowest BCUT2D eigenvalue weighted by Crippen LogP contribution is -2.43. The van der Waals surface area contributed by atoms with Crippen molar-refractivity contribution in [3.05, 3.63) is 125 Å². The minimum Gasteiger partial charge on any atom is -0.506 e. The van der Waals surface area contributed by atoms with Crippen LogP contribution in [0.3, 0.4) is 0 Å². The average Bonchev–Trinajstić information content (AvgIpc) is 3.31. The number of para-hydroxylation sites is 1. The summed E-state index contributed by atoms with van der Waals surface area (Å²) in [6.45, 7) is 15.8. The molecule has 356 valence electrons. The van der Waals surface area contributed by atoms with Gasteiger partial charge in [0.05, 0.1) is 23.9 Å². The molecule has 0 aliphatic carbocycles. The van der Waals surface area contributed by atoms with Crippen LogP contribution in [0.5, 0.6) is 5.75 Å². The van der Waals surface area contributed by atoms with Crippen LogP contribution in [0.4, 0.5) is 21.0 Å². The van der Waals surface area contributed by atoms with E-state index in [9.17, 15) is 24.3 Å². The molecular weight excluding hydrogens is 865 g/mol. The molecule has 4 aromatic carbocycles. The van der Waals surface area contributed by atoms with Gasteiger partial charge in [0.1, 0.15) is 11.9 Å². The summed E-state index contributed by atoms with van der Waals surface area (Å²) < 4.78 is 18.3. The summed E-state index contributed by atoms with van der Waals surface area (Å²) in [5, 5.41) is 20.5. The molecule has 3 heterocycles. The van der Waals surface area contributed by atoms with E-state index in [-0.39, 0.29) is 47.0 Å². The third-order valence-corrected chi connectivity index (χ3v) is 18.0. The van der Waals surface area contributed by atoms with E-state index in [2.05, 4.69) is 59.7 Å². The van der Waals surface area contributed by atoms with Crippen LogP contribution in [-0.4, -0.2) is 98.3 Å². The summed E-state index contributed by atoms with van der Waals surface area (Å²) in [5.74, 6) is 0.324. The number of hydrogen-bond donors (Lipinski definition) is 5. The first kappa shape index (κ1) is 48.9. The van der Waals surface area contributed by atoms with Crippen molar-refractivity contribution in [3.8, 4) is 16.9 Å². The number of anilines is 2. The van der Waals surface area contributed by atoms with Crippen molar-refractivity contribution in [2.24, 2.45) is 5.92 Å². The molecule has 0 saturated carbocycles. The lowest BCUT2D eigenvalue weighted by Gasteiger charge is -2.39. The van der Waals surface area contributed by atoms with Gasteiger partial charge in [-0.2, -0.15) is 0 Å². The summed E-state index contributed by atoms with van der Waals surface area (Å²) in [4.78, 5) is 57.8. The van der Waals surface area contributed by atoms with Crippen LogP contribution in [0.25, 0.3) is 22.0 Å². The van der Waals surface area contributed by atoms with Gasteiger partial charge in [-0.15, -0.1) is 0 Å². The molecule has 0 bridgehead atoms. The average molecular weight is 931 g/mol. The SMILES string of the molecule is CC(C)(C)[Si](C)(C)O[C@@H](CNCc1ccc(NC(=O)OCC2CCN(C(=O)CCN3CCC(OC(=O)Nc4ccccc4-c4ccccc4)CC3)CC2)cc1)c1ccc(O)c2[nH]c(=O)ccc12. The van der Waals surface area contributed by atoms with Crippen LogP contribution < -0.4 is 21.5 Å². The van der Waals surface area contributed by atoms with Gasteiger partial charge in [0, 0.05) is 74.9 Å². The van der Waals surface area contributed by atoms with Gasteiger partial charge >= 0.3 is 12.2 Å². The molecule has 2 aliphatic heterocycles. The number of likely N-dealkylation sites (tertiary alicyclic amines) is 2. The largest absolute Gasteiger partial charge is 0.506 e. The number of H-pyrrole nitrogens is 1. The smallest absolute Gasteiger partial charge is 0.411 e. The fourth-order valence-electron chi connectivity index (χ4n) is 8.45. The normalized spacial score (nSPS) is 15.8. The predicted octanol–water partition coefficient (Wildman–Crippen LogP) is 9.64. The van der Waals surface area contributed by atoms with Crippen molar-refractivity contribution in [2.75, 3.05) is 56.5 Å². The minimum absolute atomic E-state index is 0.0118. The number of carbonyl (C=O) groups is 3. The molecule has 5 N–H and O–H groups in total. The van der Waals surface area contributed by atoms with Crippen LogP contribution in [0, 0.1) is 5.92 Å². The van der Waals surface area contributed by atoms with E-state index in [1.165, 1.54) is 6.07 Å². The van der Waals surface area contributed by atoms with Crippen LogP contribution in [0.2, 0.25) is 18.1 Å². The maximum atomic E-state index is 13.1. The second-order valence-corrected chi connectivity index (χ2v) is 24.0. The number of phenols is 1. The molecule has 2 saturated heterocycles. The van der Waals surface area contributed by atoms with E-state index in [1.54, 1.807) is 12.1 Å². The summed E-state index contributed by atoms with van der Waals surface area (Å²) in [6.07, 6.45) is 1.93. The Labute approximate surface area is 394 Å². The number of piperidine rings is 2. The maximum absolute atomic E-state index is 13.1. The minimum atomic E-state index is -2.22. The molecule has 1 atom stereocenters. The number of aromatic amines is 1.